The molecule has 1 N–H and O–H groups in total. The lowest BCUT2D eigenvalue weighted by Gasteiger charge is -2.42. The second-order valence-electron chi connectivity index (χ2n) is 12.1. The van der Waals surface area contributed by atoms with E-state index in [1.165, 1.54) is 0 Å². The van der Waals surface area contributed by atoms with Crippen molar-refractivity contribution in [1.82, 2.24) is 9.80 Å². The van der Waals surface area contributed by atoms with Gasteiger partial charge in [0.1, 0.15) is 6.04 Å². The number of hydrogen-bond acceptors (Lipinski definition) is 5. The van der Waals surface area contributed by atoms with Crippen LogP contribution in [-0.4, -0.2) is 80.9 Å². The highest BCUT2D eigenvalue weighted by Crippen LogP contribution is 2.69. The zero-order valence-corrected chi connectivity index (χ0v) is 26.2. The number of halogens is 1. The SMILES string of the molecule is C=CCN(CCC)C(=O)[C@@H]1[C@@H]2CC(C)C3(S2)C(C(=O)N(CC=C)c2ccc(Cl)cc2)N([C@@H](CO)CC(C)C)C(=O)[C@H]13. The molecule has 3 heterocycles. The zero-order valence-electron chi connectivity index (χ0n) is 24.7. The van der Waals surface area contributed by atoms with Gasteiger partial charge in [-0.25, -0.2) is 0 Å². The number of likely N-dealkylation sites (tertiary alicyclic amines) is 1. The Bertz CT molecular complexity index is 1160. The number of rotatable bonds is 13. The Morgan fingerprint density at radius 3 is 2.41 bits per heavy atom. The van der Waals surface area contributed by atoms with Crippen LogP contribution in [0.3, 0.4) is 0 Å². The Balaban J connectivity index is 1.85. The summed E-state index contributed by atoms with van der Waals surface area (Å²) in [5.74, 6) is -1.36. The van der Waals surface area contributed by atoms with Crippen molar-refractivity contribution in [2.75, 3.05) is 31.1 Å². The number of nitrogens with zero attached hydrogens (tertiary/aromatic N) is 3. The number of thioether (sulfide) groups is 1. The van der Waals surface area contributed by atoms with E-state index in [1.807, 2.05) is 20.8 Å². The number of amides is 3. The fourth-order valence-corrected chi connectivity index (χ4v) is 9.90. The molecule has 3 unspecified atom stereocenters. The second kappa shape index (κ2) is 12.9. The standard InChI is InChI=1S/C32H44ClN3O4S/c1-7-14-34(15-8-2)29(38)26-25-18-21(6)32(41-25)27(26)30(39)36(24(19-37)17-20(4)5)28(32)31(40)35(16-9-3)23-12-10-22(33)11-13-23/h7,9-13,20-21,24-28,37H,1,3,8,14-19H2,2,4-6H3/t21?,24-,25+,26-,27+,28?,32?/m1/s1. The van der Waals surface area contributed by atoms with Crippen molar-refractivity contribution < 1.29 is 19.5 Å². The lowest BCUT2D eigenvalue weighted by Crippen LogP contribution is -2.59. The van der Waals surface area contributed by atoms with E-state index in [9.17, 15) is 19.5 Å². The first-order valence-electron chi connectivity index (χ1n) is 14.8. The summed E-state index contributed by atoms with van der Waals surface area (Å²) in [6.07, 6.45) is 5.51. The van der Waals surface area contributed by atoms with E-state index >= 15 is 0 Å². The maximum absolute atomic E-state index is 14.8. The Hall–Kier alpha value is -2.29. The quantitative estimate of drug-likeness (QED) is 0.321. The minimum absolute atomic E-state index is 0.0303. The normalized spacial score (nSPS) is 29.0. The smallest absolute Gasteiger partial charge is 0.251 e. The maximum atomic E-state index is 14.8. The summed E-state index contributed by atoms with van der Waals surface area (Å²) in [6, 6.07) is 5.71. The second-order valence-corrected chi connectivity index (χ2v) is 14.0. The summed E-state index contributed by atoms with van der Waals surface area (Å²) in [5, 5.41) is 11.1. The van der Waals surface area contributed by atoms with Crippen LogP contribution in [0.5, 0.6) is 0 Å². The van der Waals surface area contributed by atoms with Crippen molar-refractivity contribution in [2.24, 2.45) is 23.7 Å². The highest BCUT2D eigenvalue weighted by molar-refractivity contribution is 8.02. The summed E-state index contributed by atoms with van der Waals surface area (Å²) >= 11 is 7.82. The predicted molar refractivity (Wildman–Crippen MR) is 167 cm³/mol. The molecule has 3 aliphatic rings. The summed E-state index contributed by atoms with van der Waals surface area (Å²) < 4.78 is -0.776. The molecule has 41 heavy (non-hydrogen) atoms. The van der Waals surface area contributed by atoms with Crippen LogP contribution in [0.2, 0.25) is 5.02 Å². The molecule has 0 aliphatic carbocycles. The molecule has 1 spiro atoms. The summed E-state index contributed by atoms with van der Waals surface area (Å²) in [6.45, 7) is 17.0. The maximum Gasteiger partial charge on any atom is 0.251 e. The average Bonchev–Trinajstić information content (AvgIpc) is 3.53. The molecule has 7 atom stereocenters. The fraction of sp³-hybridized carbons (Fsp3) is 0.594. The Morgan fingerprint density at radius 1 is 1.20 bits per heavy atom. The molecule has 3 saturated heterocycles. The van der Waals surface area contributed by atoms with E-state index in [0.717, 1.165) is 12.8 Å². The molecule has 3 amide bonds. The van der Waals surface area contributed by atoms with Crippen molar-refractivity contribution >= 4 is 46.8 Å². The number of carbonyl (C=O) groups excluding carboxylic acids is 3. The molecule has 9 heteroatoms. The topological polar surface area (TPSA) is 81.2 Å². The minimum atomic E-state index is -0.826. The molecule has 7 nitrogen and oxygen atoms in total. The van der Waals surface area contributed by atoms with Gasteiger partial charge in [0.2, 0.25) is 11.8 Å². The Morgan fingerprint density at radius 2 is 1.85 bits per heavy atom. The van der Waals surface area contributed by atoms with Gasteiger partial charge in [-0.3, -0.25) is 14.4 Å². The van der Waals surface area contributed by atoms with Gasteiger partial charge in [-0.05, 0) is 55.4 Å². The predicted octanol–water partition coefficient (Wildman–Crippen LogP) is 5.03. The van der Waals surface area contributed by atoms with E-state index in [0.29, 0.717) is 30.2 Å². The van der Waals surface area contributed by atoms with Gasteiger partial charge in [0, 0.05) is 35.6 Å². The van der Waals surface area contributed by atoms with E-state index in [1.54, 1.807) is 62.9 Å². The van der Waals surface area contributed by atoms with Crippen LogP contribution in [0.15, 0.2) is 49.6 Å². The highest BCUT2D eigenvalue weighted by Gasteiger charge is 2.77. The van der Waals surface area contributed by atoms with Gasteiger partial charge in [0.15, 0.2) is 0 Å². The van der Waals surface area contributed by atoms with Gasteiger partial charge in [-0.2, -0.15) is 0 Å². The lowest BCUT2D eigenvalue weighted by molar-refractivity contribution is -0.145. The number of carbonyl (C=O) groups is 3. The van der Waals surface area contributed by atoms with Crippen molar-refractivity contribution in [3.05, 3.63) is 54.6 Å². The molecule has 224 valence electrons. The summed E-state index contributed by atoms with van der Waals surface area (Å²) in [5.41, 5.74) is 0.661. The molecule has 0 saturated carbocycles. The molecular weight excluding hydrogens is 558 g/mol. The van der Waals surface area contributed by atoms with Crippen LogP contribution in [-0.2, 0) is 14.4 Å². The molecule has 3 aliphatic heterocycles. The summed E-state index contributed by atoms with van der Waals surface area (Å²) in [4.78, 5) is 48.7. The van der Waals surface area contributed by atoms with Gasteiger partial charge in [0.25, 0.3) is 5.91 Å². The highest BCUT2D eigenvalue weighted by atomic mass is 35.5. The summed E-state index contributed by atoms with van der Waals surface area (Å²) in [7, 11) is 0. The average molecular weight is 602 g/mol. The molecule has 4 rings (SSSR count). The third-order valence-electron chi connectivity index (χ3n) is 8.92. The third-order valence-corrected chi connectivity index (χ3v) is 11.2. The number of benzene rings is 1. The van der Waals surface area contributed by atoms with E-state index in [2.05, 4.69) is 20.1 Å². The van der Waals surface area contributed by atoms with Crippen molar-refractivity contribution in [3.8, 4) is 0 Å². The van der Waals surface area contributed by atoms with Gasteiger partial charge >= 0.3 is 0 Å². The lowest BCUT2D eigenvalue weighted by atomic mass is 9.65. The molecule has 2 bridgehead atoms. The van der Waals surface area contributed by atoms with Crippen LogP contribution in [0.25, 0.3) is 0 Å². The molecule has 1 aromatic carbocycles. The number of anilines is 1. The first kappa shape index (κ1) is 31.6. The Labute approximate surface area is 254 Å². The van der Waals surface area contributed by atoms with Crippen LogP contribution in [0.4, 0.5) is 5.69 Å². The Kier molecular flexibility index (Phi) is 9.97. The van der Waals surface area contributed by atoms with Crippen molar-refractivity contribution in [2.45, 2.75) is 69.0 Å². The monoisotopic (exact) mass is 601 g/mol. The number of aliphatic hydroxyl groups excluding tert-OH is 1. The molecule has 0 aromatic heterocycles. The zero-order chi connectivity index (χ0) is 30.1. The van der Waals surface area contributed by atoms with Gasteiger partial charge in [-0.15, -0.1) is 24.9 Å². The van der Waals surface area contributed by atoms with Gasteiger partial charge in [-0.1, -0.05) is 51.4 Å². The van der Waals surface area contributed by atoms with E-state index < -0.39 is 28.7 Å². The third kappa shape index (κ3) is 5.48. The van der Waals surface area contributed by atoms with Gasteiger partial charge < -0.3 is 19.8 Å². The van der Waals surface area contributed by atoms with Crippen LogP contribution in [0, 0.1) is 23.7 Å². The van der Waals surface area contributed by atoms with Crippen LogP contribution in [0.1, 0.15) is 47.0 Å². The minimum Gasteiger partial charge on any atom is -0.394 e. The number of aliphatic hydroxyl groups is 1. The van der Waals surface area contributed by atoms with Crippen molar-refractivity contribution in [3.63, 3.8) is 0 Å². The molecular formula is C32H44ClN3O4S. The van der Waals surface area contributed by atoms with E-state index in [-0.39, 0.29) is 48.0 Å². The first-order chi connectivity index (χ1) is 19.6. The van der Waals surface area contributed by atoms with Crippen LogP contribution >= 0.6 is 23.4 Å². The van der Waals surface area contributed by atoms with Crippen molar-refractivity contribution in [1.29, 1.82) is 0 Å². The largest absolute Gasteiger partial charge is 0.394 e. The number of fused-ring (bicyclic) bond motifs is 1. The fourth-order valence-electron chi connectivity index (χ4n) is 7.38. The van der Waals surface area contributed by atoms with Crippen LogP contribution < -0.4 is 4.90 Å². The first-order valence-corrected chi connectivity index (χ1v) is 16.0. The molecule has 1 aromatic rings. The molecule has 3 fully saturated rings. The number of hydrogen-bond donors (Lipinski definition) is 1. The molecule has 0 radical (unpaired) electrons. The van der Waals surface area contributed by atoms with E-state index in [4.69, 9.17) is 11.6 Å². The van der Waals surface area contributed by atoms with Gasteiger partial charge in [0.05, 0.1) is 29.2 Å².